The zero-order chi connectivity index (χ0) is 18.2. The van der Waals surface area contributed by atoms with Crippen molar-refractivity contribution in [3.8, 4) is 5.75 Å². The molecule has 2 aromatic rings. The second-order valence-electron chi connectivity index (χ2n) is 6.30. The summed E-state index contributed by atoms with van der Waals surface area (Å²) in [5.74, 6) is 1.32. The Bertz CT molecular complexity index is 702. The minimum absolute atomic E-state index is 0.271. The quantitative estimate of drug-likeness (QED) is 0.523. The summed E-state index contributed by atoms with van der Waals surface area (Å²) in [7, 11) is 1.91. The van der Waals surface area contributed by atoms with E-state index >= 15 is 0 Å². The third-order valence-electron chi connectivity index (χ3n) is 4.20. The summed E-state index contributed by atoms with van der Waals surface area (Å²) in [4.78, 5) is 8.67. The number of aromatic nitrogens is 2. The first kappa shape index (κ1) is 19.0. The van der Waals surface area contributed by atoms with E-state index in [1.165, 1.54) is 12.8 Å². The van der Waals surface area contributed by atoms with E-state index in [-0.39, 0.29) is 11.7 Å². The van der Waals surface area contributed by atoms with E-state index in [4.69, 9.17) is 5.73 Å². The fraction of sp³-hybridized carbons (Fsp3) is 0.474. The molecule has 0 fully saturated rings. The summed E-state index contributed by atoms with van der Waals surface area (Å²) in [5, 5.41) is 16.8. The molecule has 0 amide bonds. The monoisotopic (exact) mass is 343 g/mol. The number of benzene rings is 1. The van der Waals surface area contributed by atoms with E-state index in [1.807, 2.05) is 26.1 Å². The van der Waals surface area contributed by atoms with Crippen molar-refractivity contribution in [2.75, 3.05) is 24.6 Å². The van der Waals surface area contributed by atoms with Crippen LogP contribution in [0.5, 0.6) is 5.75 Å². The zero-order valence-electron chi connectivity index (χ0n) is 15.4. The number of hydrogen-bond donors (Lipinski definition) is 4. The second-order valence-corrected chi connectivity index (χ2v) is 6.30. The van der Waals surface area contributed by atoms with Gasteiger partial charge in [-0.3, -0.25) is 0 Å². The number of unbranched alkanes of at least 4 members (excludes halogenated alkanes) is 2. The summed E-state index contributed by atoms with van der Waals surface area (Å²) in [5.41, 5.74) is 9.63. The predicted molar refractivity (Wildman–Crippen MR) is 103 cm³/mol. The molecular weight excluding hydrogens is 314 g/mol. The van der Waals surface area contributed by atoms with E-state index in [0.717, 1.165) is 47.7 Å². The number of aromatic hydroxyl groups is 1. The number of phenolic OH excluding ortho intramolecular Hbond substituents is 1. The minimum atomic E-state index is 0.271. The SMILES string of the molecule is CCCCCNc1nc(N)nc(C)c1Cc1cc(CNC)ccc1O. The molecule has 0 saturated heterocycles. The number of aryl methyl sites for hydroxylation is 1. The van der Waals surface area contributed by atoms with Gasteiger partial charge in [-0.1, -0.05) is 31.9 Å². The van der Waals surface area contributed by atoms with Crippen LogP contribution in [-0.4, -0.2) is 28.7 Å². The first-order chi connectivity index (χ1) is 12.0. The average Bonchev–Trinajstić information content (AvgIpc) is 2.57. The van der Waals surface area contributed by atoms with Crippen LogP contribution in [0.25, 0.3) is 0 Å². The van der Waals surface area contributed by atoms with Crippen LogP contribution in [0.2, 0.25) is 0 Å². The van der Waals surface area contributed by atoms with Crippen molar-refractivity contribution >= 4 is 11.8 Å². The first-order valence-electron chi connectivity index (χ1n) is 8.87. The Kier molecular flexibility index (Phi) is 7.01. The van der Waals surface area contributed by atoms with Gasteiger partial charge in [0, 0.05) is 30.8 Å². The van der Waals surface area contributed by atoms with E-state index in [0.29, 0.717) is 6.42 Å². The van der Waals surface area contributed by atoms with Crippen molar-refractivity contribution in [3.63, 3.8) is 0 Å². The molecule has 0 unspecified atom stereocenters. The lowest BCUT2D eigenvalue weighted by molar-refractivity contribution is 0.469. The van der Waals surface area contributed by atoms with Crippen molar-refractivity contribution in [1.29, 1.82) is 0 Å². The largest absolute Gasteiger partial charge is 0.508 e. The Hall–Kier alpha value is -2.34. The molecule has 5 N–H and O–H groups in total. The zero-order valence-corrected chi connectivity index (χ0v) is 15.4. The van der Waals surface area contributed by atoms with Crippen LogP contribution < -0.4 is 16.4 Å². The first-order valence-corrected chi connectivity index (χ1v) is 8.87. The van der Waals surface area contributed by atoms with Gasteiger partial charge in [-0.25, -0.2) is 4.98 Å². The molecule has 2 rings (SSSR count). The molecule has 0 atom stereocenters. The van der Waals surface area contributed by atoms with Gasteiger partial charge < -0.3 is 21.5 Å². The molecule has 1 aromatic carbocycles. The highest BCUT2D eigenvalue weighted by Gasteiger charge is 2.14. The molecule has 1 aromatic heterocycles. The molecule has 25 heavy (non-hydrogen) atoms. The number of rotatable bonds is 9. The molecule has 136 valence electrons. The van der Waals surface area contributed by atoms with Crippen molar-refractivity contribution in [1.82, 2.24) is 15.3 Å². The molecule has 0 aliphatic carbocycles. The Morgan fingerprint density at radius 3 is 2.72 bits per heavy atom. The van der Waals surface area contributed by atoms with Gasteiger partial charge in [0.25, 0.3) is 0 Å². The fourth-order valence-corrected chi connectivity index (χ4v) is 2.84. The molecule has 1 heterocycles. The Balaban J connectivity index is 2.27. The van der Waals surface area contributed by atoms with Crippen molar-refractivity contribution in [2.24, 2.45) is 0 Å². The topological polar surface area (TPSA) is 96.1 Å². The van der Waals surface area contributed by atoms with Gasteiger partial charge in [0.2, 0.25) is 5.95 Å². The number of anilines is 2. The number of nitrogens with zero attached hydrogens (tertiary/aromatic N) is 2. The lowest BCUT2D eigenvalue weighted by Gasteiger charge is -2.15. The highest BCUT2D eigenvalue weighted by Crippen LogP contribution is 2.26. The Morgan fingerprint density at radius 2 is 2.00 bits per heavy atom. The summed E-state index contributed by atoms with van der Waals surface area (Å²) in [6.45, 7) is 5.72. The lowest BCUT2D eigenvalue weighted by Crippen LogP contribution is -2.12. The van der Waals surface area contributed by atoms with Gasteiger partial charge in [0.1, 0.15) is 11.6 Å². The summed E-state index contributed by atoms with van der Waals surface area (Å²) in [6.07, 6.45) is 3.99. The third kappa shape index (κ3) is 5.32. The van der Waals surface area contributed by atoms with Gasteiger partial charge in [-0.2, -0.15) is 4.98 Å². The van der Waals surface area contributed by atoms with Crippen LogP contribution in [-0.2, 0) is 13.0 Å². The van der Waals surface area contributed by atoms with E-state index < -0.39 is 0 Å². The lowest BCUT2D eigenvalue weighted by atomic mass is 10.0. The predicted octanol–water partition coefficient (Wildman–Crippen LogP) is 2.99. The molecule has 6 heteroatoms. The van der Waals surface area contributed by atoms with Crippen LogP contribution in [0.15, 0.2) is 18.2 Å². The maximum absolute atomic E-state index is 10.2. The van der Waals surface area contributed by atoms with Gasteiger partial charge >= 0.3 is 0 Å². The number of nitrogen functional groups attached to an aromatic ring is 1. The normalized spacial score (nSPS) is 10.8. The van der Waals surface area contributed by atoms with Gasteiger partial charge in [-0.15, -0.1) is 0 Å². The summed E-state index contributed by atoms with van der Waals surface area (Å²) < 4.78 is 0. The van der Waals surface area contributed by atoms with Crippen LogP contribution in [0.4, 0.5) is 11.8 Å². The Morgan fingerprint density at radius 1 is 1.20 bits per heavy atom. The van der Waals surface area contributed by atoms with E-state index in [1.54, 1.807) is 6.07 Å². The molecule has 0 aliphatic heterocycles. The van der Waals surface area contributed by atoms with Gasteiger partial charge in [0.05, 0.1) is 0 Å². The van der Waals surface area contributed by atoms with E-state index in [2.05, 4.69) is 27.5 Å². The maximum atomic E-state index is 10.2. The maximum Gasteiger partial charge on any atom is 0.222 e. The van der Waals surface area contributed by atoms with Crippen LogP contribution in [0, 0.1) is 6.92 Å². The minimum Gasteiger partial charge on any atom is -0.508 e. The molecule has 0 bridgehead atoms. The highest BCUT2D eigenvalue weighted by molar-refractivity contribution is 5.53. The molecule has 6 nitrogen and oxygen atoms in total. The Labute approximate surface area is 149 Å². The molecule has 0 saturated carbocycles. The van der Waals surface area contributed by atoms with E-state index in [9.17, 15) is 5.11 Å². The van der Waals surface area contributed by atoms with Crippen molar-refractivity contribution in [3.05, 3.63) is 40.6 Å². The molecular formula is C19H29N5O. The van der Waals surface area contributed by atoms with Crippen LogP contribution in [0.3, 0.4) is 0 Å². The summed E-state index contributed by atoms with van der Waals surface area (Å²) >= 11 is 0. The third-order valence-corrected chi connectivity index (χ3v) is 4.20. The van der Waals surface area contributed by atoms with Crippen LogP contribution in [0.1, 0.15) is 48.6 Å². The number of hydrogen-bond acceptors (Lipinski definition) is 6. The highest BCUT2D eigenvalue weighted by atomic mass is 16.3. The molecule has 0 radical (unpaired) electrons. The van der Waals surface area contributed by atoms with Crippen LogP contribution >= 0.6 is 0 Å². The van der Waals surface area contributed by atoms with Crippen molar-refractivity contribution < 1.29 is 5.11 Å². The molecule has 0 spiro atoms. The number of phenols is 1. The van der Waals surface area contributed by atoms with Gasteiger partial charge in [-0.05, 0) is 37.6 Å². The van der Waals surface area contributed by atoms with Gasteiger partial charge in [0.15, 0.2) is 0 Å². The number of nitrogens with two attached hydrogens (primary N) is 1. The molecule has 0 aliphatic rings. The fourth-order valence-electron chi connectivity index (χ4n) is 2.84. The smallest absolute Gasteiger partial charge is 0.222 e. The average molecular weight is 343 g/mol. The summed E-state index contributed by atoms with van der Waals surface area (Å²) in [6, 6.07) is 5.68. The standard InChI is InChI=1S/C19H29N5O/c1-4-5-6-9-22-18-16(13(2)23-19(20)24-18)11-15-10-14(12-21-3)7-8-17(15)25/h7-8,10,21,25H,4-6,9,11-12H2,1-3H3,(H3,20,22,23,24). The second kappa shape index (κ2) is 9.22. The number of nitrogens with one attached hydrogen (secondary N) is 2. The van der Waals surface area contributed by atoms with Crippen molar-refractivity contribution in [2.45, 2.75) is 46.1 Å².